The van der Waals surface area contributed by atoms with E-state index < -0.39 is 95.0 Å². The minimum absolute atomic E-state index is 0.0292. The van der Waals surface area contributed by atoms with Crippen molar-refractivity contribution in [1.82, 2.24) is 4.90 Å². The molecule has 0 unspecified atom stereocenters. The molecule has 1 N–H and O–H groups in total. The normalized spacial score (nSPS) is 24.9. The maximum atomic E-state index is 14.1. The Morgan fingerprint density at radius 2 is 1.41 bits per heavy atom. The molecule has 1 aromatic carbocycles. The Morgan fingerprint density at radius 1 is 0.839 bits per heavy atom. The fraction of sp³-hybridized carbons (Fsp3) is 0.650. The van der Waals surface area contributed by atoms with E-state index in [1.807, 2.05) is 13.1 Å². The molecule has 0 aromatic heterocycles. The van der Waals surface area contributed by atoms with Gasteiger partial charge < -0.3 is 47.9 Å². The lowest BCUT2D eigenvalue weighted by Crippen LogP contribution is -2.74. The predicted octanol–water partition coefficient (Wildman–Crippen LogP) is 4.13. The molecule has 0 saturated carbocycles. The first-order valence-corrected chi connectivity index (χ1v) is 18.6. The van der Waals surface area contributed by atoms with Crippen LogP contribution in [0.1, 0.15) is 106 Å². The molecule has 1 fully saturated rings. The van der Waals surface area contributed by atoms with Crippen molar-refractivity contribution < 1.29 is 71.8 Å². The van der Waals surface area contributed by atoms with Crippen LogP contribution in [-0.4, -0.2) is 106 Å². The van der Waals surface area contributed by atoms with Crippen molar-refractivity contribution in [2.75, 3.05) is 13.6 Å². The smallest absolute Gasteiger partial charge is 0.477 e. The molecule has 1 spiro atoms. The average Bonchev–Trinajstić information content (AvgIpc) is 3.37. The Hall–Kier alpha value is -4.70. The van der Waals surface area contributed by atoms with Crippen LogP contribution in [0.25, 0.3) is 0 Å². The van der Waals surface area contributed by atoms with Gasteiger partial charge in [-0.25, -0.2) is 14.4 Å². The number of carbonyl (C=O) groups is 6. The van der Waals surface area contributed by atoms with Gasteiger partial charge in [0.1, 0.15) is 22.6 Å². The number of likely N-dealkylation sites (tertiary alicyclic amines) is 1. The summed E-state index contributed by atoms with van der Waals surface area (Å²) in [5, 5.41) is 12.6. The van der Waals surface area contributed by atoms with E-state index in [9.17, 15) is 33.9 Å². The lowest BCUT2D eigenvalue weighted by atomic mass is 9.50. The first kappa shape index (κ1) is 42.4. The second kappa shape index (κ2) is 15.0. The Bertz CT molecular complexity index is 1810. The minimum Gasteiger partial charge on any atom is -0.477 e. The Kier molecular flexibility index (Phi) is 11.4. The van der Waals surface area contributed by atoms with Gasteiger partial charge in [-0.05, 0) is 106 Å². The van der Waals surface area contributed by atoms with Crippen LogP contribution in [0, 0.1) is 0 Å². The molecule has 2 aliphatic heterocycles. The third-order valence-electron chi connectivity index (χ3n) is 9.78. The van der Waals surface area contributed by atoms with E-state index in [0.29, 0.717) is 24.9 Å². The number of benzene rings is 1. The molecule has 2 heterocycles. The molecular weight excluding hydrogens is 734 g/mol. The average molecular weight is 788 g/mol. The number of aliphatic hydroxyl groups is 1. The molecule has 0 radical (unpaired) electrons. The van der Waals surface area contributed by atoms with Crippen LogP contribution >= 0.6 is 0 Å². The van der Waals surface area contributed by atoms with Crippen LogP contribution in [0.15, 0.2) is 24.0 Å². The van der Waals surface area contributed by atoms with Crippen LogP contribution in [0.5, 0.6) is 11.5 Å². The highest BCUT2D eigenvalue weighted by Gasteiger charge is 2.72. The van der Waals surface area contributed by atoms with Crippen LogP contribution < -0.4 is 9.47 Å². The number of piperidine rings is 1. The van der Waals surface area contributed by atoms with Crippen LogP contribution in [0.2, 0.25) is 0 Å². The van der Waals surface area contributed by atoms with Crippen molar-refractivity contribution in [3.63, 3.8) is 0 Å². The number of carbonyl (C=O) groups excluding carboxylic acids is 6. The number of likely N-dealkylation sites (N-methyl/N-ethyl adjacent to an activating group) is 1. The number of ether oxygens (including phenoxy) is 8. The first-order valence-electron chi connectivity index (χ1n) is 18.6. The Balaban J connectivity index is 1.48. The summed E-state index contributed by atoms with van der Waals surface area (Å²) >= 11 is 0. The molecular formula is C40H53NO15. The maximum Gasteiger partial charge on any atom is 0.514 e. The molecule has 56 heavy (non-hydrogen) atoms. The summed E-state index contributed by atoms with van der Waals surface area (Å²) in [6, 6.07) is 3.06. The third-order valence-corrected chi connectivity index (χ3v) is 9.78. The monoisotopic (exact) mass is 787 g/mol. The predicted molar refractivity (Wildman–Crippen MR) is 194 cm³/mol. The van der Waals surface area contributed by atoms with Gasteiger partial charge in [0.15, 0.2) is 17.6 Å². The van der Waals surface area contributed by atoms with E-state index >= 15 is 0 Å². The van der Waals surface area contributed by atoms with Gasteiger partial charge in [-0.1, -0.05) is 6.07 Å². The fourth-order valence-corrected chi connectivity index (χ4v) is 7.88. The fourth-order valence-electron chi connectivity index (χ4n) is 7.88. The molecule has 0 amide bonds. The number of hydrogen-bond acceptors (Lipinski definition) is 16. The number of rotatable bonds is 10. The van der Waals surface area contributed by atoms with Crippen LogP contribution in [-0.2, 0) is 64.2 Å². The minimum atomic E-state index is -1.95. The highest BCUT2D eigenvalue weighted by atomic mass is 16.7. The van der Waals surface area contributed by atoms with Gasteiger partial charge in [0.25, 0.3) is 0 Å². The van der Waals surface area contributed by atoms with Crippen molar-refractivity contribution in [2.45, 2.75) is 154 Å². The van der Waals surface area contributed by atoms with Crippen LogP contribution in [0.4, 0.5) is 4.79 Å². The molecule has 16 heteroatoms. The van der Waals surface area contributed by atoms with Gasteiger partial charge in [-0.3, -0.25) is 14.4 Å². The second-order valence-corrected chi connectivity index (χ2v) is 17.7. The Labute approximate surface area is 326 Å². The maximum absolute atomic E-state index is 14.1. The topological polar surface area (TPSA) is 200 Å². The van der Waals surface area contributed by atoms with Crippen molar-refractivity contribution in [3.8, 4) is 11.5 Å². The van der Waals surface area contributed by atoms with Gasteiger partial charge >= 0.3 is 36.0 Å². The van der Waals surface area contributed by atoms with E-state index in [-0.39, 0.29) is 29.7 Å². The molecule has 308 valence electrons. The molecule has 16 nitrogen and oxygen atoms in total. The van der Waals surface area contributed by atoms with E-state index in [2.05, 4.69) is 4.90 Å². The summed E-state index contributed by atoms with van der Waals surface area (Å²) in [6.07, 6.45) is -5.04. The van der Waals surface area contributed by atoms with Gasteiger partial charge in [-0.15, -0.1) is 0 Å². The highest BCUT2D eigenvalue weighted by molar-refractivity contribution is 5.89. The number of nitrogens with zero attached hydrogens (tertiary/aromatic N) is 1. The number of hydrogen-bond donors (Lipinski definition) is 1. The molecule has 5 rings (SSSR count). The van der Waals surface area contributed by atoms with Gasteiger partial charge in [0, 0.05) is 24.9 Å². The Morgan fingerprint density at radius 3 is 1.96 bits per heavy atom. The summed E-state index contributed by atoms with van der Waals surface area (Å²) in [6.45, 7) is 16.3. The molecule has 6 atom stereocenters. The van der Waals surface area contributed by atoms with Crippen molar-refractivity contribution in [1.29, 1.82) is 0 Å². The molecule has 1 aromatic rings. The lowest BCUT2D eigenvalue weighted by molar-refractivity contribution is -0.186. The molecule has 1 saturated heterocycles. The van der Waals surface area contributed by atoms with Gasteiger partial charge in [0.2, 0.25) is 12.2 Å². The lowest BCUT2D eigenvalue weighted by Gasteiger charge is -2.61. The molecule has 2 aliphatic carbocycles. The summed E-state index contributed by atoms with van der Waals surface area (Å²) in [4.78, 5) is 80.2. The van der Waals surface area contributed by atoms with E-state index in [1.165, 1.54) is 6.08 Å². The quantitative estimate of drug-likeness (QED) is 0.201. The highest BCUT2D eigenvalue weighted by Crippen LogP contribution is 2.65. The largest absolute Gasteiger partial charge is 0.514 e. The zero-order chi connectivity index (χ0) is 41.8. The third kappa shape index (κ3) is 8.80. The van der Waals surface area contributed by atoms with Crippen molar-refractivity contribution >= 4 is 36.0 Å². The van der Waals surface area contributed by atoms with Gasteiger partial charge in [0.05, 0.1) is 23.9 Å². The van der Waals surface area contributed by atoms with Crippen LogP contribution in [0.3, 0.4) is 0 Å². The summed E-state index contributed by atoms with van der Waals surface area (Å²) in [5.41, 5.74) is -3.86. The SMILES string of the molecule is CC(=O)O[C@@H](CC(=O)OC(C)(C)C)C(=O)O[C@@H](CC(=O)OC(C)(C)C)C(=O)OC1=CC[C@@]2(O)[C@@H]3Cc4ccc(OC(=O)OC(C)(C)C)c5c4[C@@]2(CCN3C)[C@H]1O5. The summed E-state index contributed by atoms with van der Waals surface area (Å²) < 4.78 is 44.8. The summed E-state index contributed by atoms with van der Waals surface area (Å²) in [5.74, 6) is -5.05. The molecule has 2 bridgehead atoms. The first-order chi connectivity index (χ1) is 25.7. The van der Waals surface area contributed by atoms with E-state index in [4.69, 9.17) is 37.9 Å². The second-order valence-electron chi connectivity index (χ2n) is 17.7. The van der Waals surface area contributed by atoms with E-state index in [0.717, 1.165) is 12.5 Å². The molecule has 4 aliphatic rings. The standard InChI is InChI=1S/C40H53NO15/c1-21(42)49-25(19-28(43)54-36(2,3)4)33(45)51-26(20-29(44)55-37(5,6)7)34(46)50-24-14-15-40(48)27-18-22-12-13-23(52-35(47)56-38(8,9)10)31-30(22)39(40,32(24)53-31)16-17-41(27)11/h12-14,25-27,32,48H,15-20H2,1-11H3/t25-,26-,27-,32-,39-,40+/m0/s1. The summed E-state index contributed by atoms with van der Waals surface area (Å²) in [7, 11) is 1.92. The zero-order valence-electron chi connectivity index (χ0n) is 33.9. The van der Waals surface area contributed by atoms with Crippen molar-refractivity contribution in [2.24, 2.45) is 0 Å². The number of esters is 5. The van der Waals surface area contributed by atoms with Crippen molar-refractivity contribution in [3.05, 3.63) is 35.1 Å². The zero-order valence-corrected chi connectivity index (χ0v) is 33.9. The van der Waals surface area contributed by atoms with Gasteiger partial charge in [-0.2, -0.15) is 0 Å². The van der Waals surface area contributed by atoms with E-state index in [1.54, 1.807) is 68.4 Å².